The molecule has 6 nitrogen and oxygen atoms in total. The monoisotopic (exact) mass is 290 g/mol. The van der Waals surface area contributed by atoms with E-state index in [0.29, 0.717) is 12.1 Å². The highest BCUT2D eigenvalue weighted by Gasteiger charge is 2.13. The van der Waals surface area contributed by atoms with Crippen molar-refractivity contribution in [1.82, 2.24) is 9.78 Å². The molecule has 0 saturated carbocycles. The van der Waals surface area contributed by atoms with E-state index in [-0.39, 0.29) is 10.6 Å². The Morgan fingerprint density at radius 2 is 2.05 bits per heavy atom. The molecule has 1 N–H and O–H groups in total. The van der Waals surface area contributed by atoms with Gasteiger partial charge < -0.3 is 5.32 Å². The number of nitriles is 1. The van der Waals surface area contributed by atoms with Crippen LogP contribution < -0.4 is 5.32 Å². The summed E-state index contributed by atoms with van der Waals surface area (Å²) in [6.45, 7) is 0.300. The average Bonchev–Trinajstić information content (AvgIpc) is 2.84. The van der Waals surface area contributed by atoms with Crippen molar-refractivity contribution in [2.45, 2.75) is 4.90 Å². The topological polar surface area (TPSA) is 87.8 Å². The van der Waals surface area contributed by atoms with Gasteiger partial charge >= 0.3 is 0 Å². The Morgan fingerprint density at radius 3 is 2.60 bits per heavy atom. The van der Waals surface area contributed by atoms with E-state index in [2.05, 4.69) is 10.4 Å². The highest BCUT2D eigenvalue weighted by molar-refractivity contribution is 7.91. The van der Waals surface area contributed by atoms with Gasteiger partial charge in [0.25, 0.3) is 0 Å². The normalized spacial score (nSPS) is 11.0. The molecule has 1 aromatic carbocycles. The second-order valence-electron chi connectivity index (χ2n) is 4.28. The molecule has 0 saturated heterocycles. The number of sulfone groups is 1. The summed E-state index contributed by atoms with van der Waals surface area (Å²) in [4.78, 5) is 0.226. The molecule has 0 unspecified atom stereocenters. The summed E-state index contributed by atoms with van der Waals surface area (Å²) in [6.07, 6.45) is 3.41. The third-order valence-electron chi connectivity index (χ3n) is 2.75. The van der Waals surface area contributed by atoms with Crippen molar-refractivity contribution < 1.29 is 8.42 Å². The lowest BCUT2D eigenvalue weighted by Crippen LogP contribution is -2.15. The molecule has 0 aliphatic heterocycles. The molecule has 0 aliphatic rings. The van der Waals surface area contributed by atoms with Crippen molar-refractivity contribution in [3.63, 3.8) is 0 Å². The first kappa shape index (κ1) is 14.1. The molecule has 0 fully saturated rings. The lowest BCUT2D eigenvalue weighted by atomic mass is 10.2. The van der Waals surface area contributed by atoms with Gasteiger partial charge in [-0.2, -0.15) is 10.4 Å². The summed E-state index contributed by atoms with van der Waals surface area (Å²) in [7, 11) is -1.56. The van der Waals surface area contributed by atoms with Gasteiger partial charge in [0.05, 0.1) is 34.2 Å². The minimum atomic E-state index is -3.35. The molecule has 0 radical (unpaired) electrons. The zero-order valence-electron chi connectivity index (χ0n) is 10.9. The van der Waals surface area contributed by atoms with Crippen molar-refractivity contribution in [3.05, 3.63) is 42.2 Å². The molecule has 0 atom stereocenters. The van der Waals surface area contributed by atoms with Crippen molar-refractivity contribution in [2.24, 2.45) is 7.05 Å². The predicted octanol–water partition coefficient (Wildman–Crippen LogP) is 1.18. The van der Waals surface area contributed by atoms with Crippen LogP contribution in [0.25, 0.3) is 0 Å². The molecule has 0 spiro atoms. The molecular formula is C13H14N4O2S. The lowest BCUT2D eigenvalue weighted by Gasteiger charge is -2.05. The third kappa shape index (κ3) is 3.36. The first-order valence-electron chi connectivity index (χ1n) is 5.97. The van der Waals surface area contributed by atoms with E-state index in [0.717, 1.165) is 5.69 Å². The highest BCUT2D eigenvalue weighted by Crippen LogP contribution is 2.12. The van der Waals surface area contributed by atoms with Gasteiger partial charge in [0.15, 0.2) is 9.84 Å². The molecule has 0 aliphatic carbocycles. The molecule has 104 valence electrons. The van der Waals surface area contributed by atoms with E-state index in [1.807, 2.05) is 6.07 Å². The van der Waals surface area contributed by atoms with Gasteiger partial charge in [-0.3, -0.25) is 4.68 Å². The van der Waals surface area contributed by atoms with Crippen LogP contribution in [0.2, 0.25) is 0 Å². The van der Waals surface area contributed by atoms with Gasteiger partial charge in [0, 0.05) is 19.8 Å². The third-order valence-corrected chi connectivity index (χ3v) is 4.48. The first-order chi connectivity index (χ1) is 9.51. The second-order valence-corrected chi connectivity index (χ2v) is 6.39. The van der Waals surface area contributed by atoms with Crippen LogP contribution in [0, 0.1) is 11.3 Å². The number of nitrogens with one attached hydrogen (secondary N) is 1. The van der Waals surface area contributed by atoms with Crippen molar-refractivity contribution in [1.29, 1.82) is 5.26 Å². The number of aryl methyl sites for hydroxylation is 1. The Labute approximate surface area is 117 Å². The number of nitrogens with zero attached hydrogens (tertiary/aromatic N) is 3. The Kier molecular flexibility index (Phi) is 4.05. The second kappa shape index (κ2) is 5.75. The van der Waals surface area contributed by atoms with Gasteiger partial charge in [-0.15, -0.1) is 0 Å². The van der Waals surface area contributed by atoms with Crippen LogP contribution in [0.3, 0.4) is 0 Å². The van der Waals surface area contributed by atoms with Crippen LogP contribution in [0.5, 0.6) is 0 Å². The zero-order chi connectivity index (χ0) is 14.6. The standard InChI is InChI=1S/C13H14N4O2S/c1-17-10-12(9-16-17)15-6-7-20(18,19)13-4-2-11(8-14)3-5-13/h2-5,9-10,15H,6-7H2,1H3. The van der Waals surface area contributed by atoms with E-state index in [1.54, 1.807) is 24.1 Å². The average molecular weight is 290 g/mol. The van der Waals surface area contributed by atoms with Gasteiger partial charge in [-0.05, 0) is 24.3 Å². The molecule has 1 aromatic heterocycles. The molecule has 2 aromatic rings. The molecule has 7 heteroatoms. The van der Waals surface area contributed by atoms with Crippen LogP contribution in [-0.4, -0.2) is 30.5 Å². The summed E-state index contributed by atoms with van der Waals surface area (Å²) in [5.74, 6) is -0.0200. The van der Waals surface area contributed by atoms with E-state index in [1.165, 1.54) is 24.3 Å². The van der Waals surface area contributed by atoms with Crippen LogP contribution >= 0.6 is 0 Å². The van der Waals surface area contributed by atoms with Crippen LogP contribution in [-0.2, 0) is 16.9 Å². The largest absolute Gasteiger partial charge is 0.381 e. The van der Waals surface area contributed by atoms with Crippen LogP contribution in [0.4, 0.5) is 5.69 Å². The molecular weight excluding hydrogens is 276 g/mol. The summed E-state index contributed by atoms with van der Waals surface area (Å²) >= 11 is 0. The summed E-state index contributed by atoms with van der Waals surface area (Å²) in [6, 6.07) is 7.87. The fourth-order valence-corrected chi connectivity index (χ4v) is 2.85. The van der Waals surface area contributed by atoms with Crippen molar-refractivity contribution in [3.8, 4) is 6.07 Å². The van der Waals surface area contributed by atoms with E-state index >= 15 is 0 Å². The first-order valence-corrected chi connectivity index (χ1v) is 7.62. The smallest absolute Gasteiger partial charge is 0.180 e. The number of rotatable bonds is 5. The molecule has 0 amide bonds. The Hall–Kier alpha value is -2.33. The molecule has 0 bridgehead atoms. The summed E-state index contributed by atoms with van der Waals surface area (Å²) < 4.78 is 25.8. The van der Waals surface area contributed by atoms with Crippen molar-refractivity contribution in [2.75, 3.05) is 17.6 Å². The number of anilines is 1. The molecule has 2 rings (SSSR count). The maximum atomic E-state index is 12.1. The fraction of sp³-hybridized carbons (Fsp3) is 0.231. The van der Waals surface area contributed by atoms with Gasteiger partial charge in [0.2, 0.25) is 0 Å². The van der Waals surface area contributed by atoms with Crippen molar-refractivity contribution >= 4 is 15.5 Å². The van der Waals surface area contributed by atoms with Gasteiger partial charge in [-0.25, -0.2) is 8.42 Å². The van der Waals surface area contributed by atoms with E-state index in [9.17, 15) is 8.42 Å². The maximum Gasteiger partial charge on any atom is 0.180 e. The number of hydrogen-bond acceptors (Lipinski definition) is 5. The molecule has 20 heavy (non-hydrogen) atoms. The van der Waals surface area contributed by atoms with Gasteiger partial charge in [0.1, 0.15) is 0 Å². The van der Waals surface area contributed by atoms with Gasteiger partial charge in [-0.1, -0.05) is 0 Å². The zero-order valence-corrected chi connectivity index (χ0v) is 11.8. The number of hydrogen-bond donors (Lipinski definition) is 1. The quantitative estimate of drug-likeness (QED) is 0.893. The van der Waals surface area contributed by atoms with Crippen LogP contribution in [0.15, 0.2) is 41.6 Å². The number of benzene rings is 1. The van der Waals surface area contributed by atoms with E-state index < -0.39 is 9.84 Å². The predicted molar refractivity (Wildman–Crippen MR) is 74.9 cm³/mol. The maximum absolute atomic E-state index is 12.1. The Balaban J connectivity index is 1.98. The fourth-order valence-electron chi connectivity index (χ4n) is 1.70. The SMILES string of the molecule is Cn1cc(NCCS(=O)(=O)c2ccc(C#N)cc2)cn1. The Morgan fingerprint density at radius 1 is 1.35 bits per heavy atom. The van der Waals surface area contributed by atoms with Crippen LogP contribution in [0.1, 0.15) is 5.56 Å². The lowest BCUT2D eigenvalue weighted by molar-refractivity contribution is 0.596. The van der Waals surface area contributed by atoms with E-state index in [4.69, 9.17) is 5.26 Å². The minimum Gasteiger partial charge on any atom is -0.381 e. The summed E-state index contributed by atoms with van der Waals surface area (Å²) in [5, 5.41) is 15.7. The Bertz CT molecular complexity index is 726. The number of aromatic nitrogens is 2. The summed E-state index contributed by atoms with van der Waals surface area (Å²) in [5.41, 5.74) is 1.22. The minimum absolute atomic E-state index is 0.0200. The molecule has 1 heterocycles. The highest BCUT2D eigenvalue weighted by atomic mass is 32.2.